The molecule has 2 N–H and O–H groups in total. The molecule has 3 aliphatic rings. The van der Waals surface area contributed by atoms with Crippen molar-refractivity contribution in [3.63, 3.8) is 0 Å². The Kier molecular flexibility index (Phi) is 11.9. The fourth-order valence-corrected chi connectivity index (χ4v) is 9.31. The molecule has 2 aromatic heterocycles. The van der Waals surface area contributed by atoms with Crippen molar-refractivity contribution < 1.29 is 28.8 Å². The highest BCUT2D eigenvalue weighted by molar-refractivity contribution is 7.17. The summed E-state index contributed by atoms with van der Waals surface area (Å²) in [6, 6.07) is 11.0. The molecule has 1 saturated heterocycles. The number of halogens is 1. The first-order chi connectivity index (χ1) is 27.4. The van der Waals surface area contributed by atoms with Crippen molar-refractivity contribution in [1.29, 1.82) is 0 Å². The third kappa shape index (κ3) is 8.10. The number of nitrogens with zero attached hydrogens (tertiary/aromatic N) is 5. The second-order valence-corrected chi connectivity index (χ2v) is 16.3. The first-order valence-corrected chi connectivity index (χ1v) is 20.6. The lowest BCUT2D eigenvalue weighted by atomic mass is 9.97. The van der Waals surface area contributed by atoms with Crippen molar-refractivity contribution in [1.82, 2.24) is 25.0 Å². The highest BCUT2D eigenvalue weighted by atomic mass is 35.5. The van der Waals surface area contributed by atoms with Crippen LogP contribution in [0.5, 0.6) is 0 Å². The van der Waals surface area contributed by atoms with Crippen molar-refractivity contribution in [2.75, 3.05) is 11.9 Å². The molecule has 57 heavy (non-hydrogen) atoms. The summed E-state index contributed by atoms with van der Waals surface area (Å²) in [5, 5.41) is 15.7. The maximum absolute atomic E-state index is 13.7. The van der Waals surface area contributed by atoms with E-state index < -0.39 is 35.7 Å². The van der Waals surface area contributed by atoms with Gasteiger partial charge < -0.3 is 5.32 Å². The Hall–Kier alpha value is -5.34. The predicted octanol–water partition coefficient (Wildman–Crippen LogP) is 7.29. The number of carbonyl (C=O) groups excluding carboxylic acids is 6. The summed E-state index contributed by atoms with van der Waals surface area (Å²) in [7, 11) is 0. The number of hydrogen-bond donors (Lipinski definition) is 2. The predicted molar refractivity (Wildman–Crippen MR) is 217 cm³/mol. The number of nitrogens with one attached hydrogen (secondary N) is 2. The molecular formula is C42H44ClN7O6S. The molecule has 4 aromatic rings. The summed E-state index contributed by atoms with van der Waals surface area (Å²) in [6.07, 6.45) is 7.43. The number of benzene rings is 2. The molecule has 5 heterocycles. The van der Waals surface area contributed by atoms with Crippen LogP contribution in [-0.4, -0.2) is 73.2 Å². The van der Waals surface area contributed by atoms with Gasteiger partial charge in [0.25, 0.3) is 11.8 Å². The van der Waals surface area contributed by atoms with Crippen LogP contribution < -0.4 is 10.6 Å². The molecule has 3 aliphatic heterocycles. The number of aromatic nitrogens is 3. The molecule has 4 amide bonds. The molecule has 0 aliphatic carbocycles. The van der Waals surface area contributed by atoms with Crippen molar-refractivity contribution in [3.05, 3.63) is 91.8 Å². The SMILES string of the molecule is CC(=O)C[C@@H]1N=C(c2ccc(Cl)cc2)c2c(sc(C(=O)CCCCCCCCCNc3cccc4c3C(=O)N(C3CCC(=O)NC3=O)C4=O)c2C)-n2c(C)nnc21. The standard InChI is InChI=1S/C42H44ClN7O6S/c1-23(51)22-30-38-48-47-25(3)49(38)42-34(36(45-30)26-15-17-27(43)18-16-26)24(2)37(57-42)32(52)14-9-7-5-4-6-8-10-21-44-29-13-11-12-28-35(29)41(56)50(40(28)55)31-19-20-33(53)46-39(31)54/h11-13,15-18,30-31,44H,4-10,14,19-22H2,1-3H3,(H,46,53,54)/t30-,31?/m0/s1. The number of rotatable bonds is 16. The van der Waals surface area contributed by atoms with Crippen molar-refractivity contribution in [2.45, 2.75) is 103 Å². The van der Waals surface area contributed by atoms with E-state index in [0.29, 0.717) is 45.9 Å². The molecule has 0 spiro atoms. The first-order valence-electron chi connectivity index (χ1n) is 19.5. The van der Waals surface area contributed by atoms with E-state index in [2.05, 4.69) is 20.8 Å². The number of Topliss-reactive ketones (excluding diaryl/α,β-unsaturated/α-hetero) is 2. The van der Waals surface area contributed by atoms with Gasteiger partial charge in [0, 0.05) is 47.6 Å². The molecule has 15 heteroatoms. The number of amides is 4. The molecule has 1 unspecified atom stereocenters. The van der Waals surface area contributed by atoms with Crippen LogP contribution in [0, 0.1) is 13.8 Å². The molecule has 7 rings (SSSR count). The molecule has 1 fully saturated rings. The lowest BCUT2D eigenvalue weighted by molar-refractivity contribution is -0.136. The van der Waals surface area contributed by atoms with Gasteiger partial charge in [-0.05, 0) is 69.9 Å². The van der Waals surface area contributed by atoms with Crippen molar-refractivity contribution in [2.24, 2.45) is 4.99 Å². The Morgan fingerprint density at radius 1 is 0.912 bits per heavy atom. The molecular weight excluding hydrogens is 766 g/mol. The van der Waals surface area contributed by atoms with Crippen LogP contribution in [0.15, 0.2) is 47.5 Å². The molecule has 0 radical (unpaired) electrons. The van der Waals surface area contributed by atoms with Crippen LogP contribution in [0.25, 0.3) is 5.00 Å². The minimum absolute atomic E-state index is 0.00621. The Labute approximate surface area is 339 Å². The van der Waals surface area contributed by atoms with Crippen LogP contribution in [0.1, 0.15) is 142 Å². The summed E-state index contributed by atoms with van der Waals surface area (Å²) >= 11 is 7.66. The second kappa shape index (κ2) is 17.0. The number of piperidine rings is 1. The molecule has 2 aromatic carbocycles. The number of anilines is 1. The topological polar surface area (TPSA) is 173 Å². The summed E-state index contributed by atoms with van der Waals surface area (Å²) < 4.78 is 1.95. The second-order valence-electron chi connectivity index (χ2n) is 14.8. The zero-order valence-electron chi connectivity index (χ0n) is 32.2. The minimum atomic E-state index is -0.998. The third-order valence-electron chi connectivity index (χ3n) is 10.7. The Morgan fingerprint density at radius 2 is 1.63 bits per heavy atom. The third-order valence-corrected chi connectivity index (χ3v) is 12.3. The first kappa shape index (κ1) is 39.9. The van der Waals surface area contributed by atoms with Gasteiger partial charge in [-0.15, -0.1) is 21.5 Å². The monoisotopic (exact) mass is 809 g/mol. The summed E-state index contributed by atoms with van der Waals surface area (Å²) in [4.78, 5) is 83.3. The van der Waals surface area contributed by atoms with E-state index in [1.807, 2.05) is 42.7 Å². The number of fused-ring (bicyclic) bond motifs is 4. The number of ketones is 2. The Balaban J connectivity index is 0.902. The van der Waals surface area contributed by atoms with Crippen LogP contribution in [0.4, 0.5) is 5.69 Å². The number of unbranched alkanes of at least 4 members (excludes halogenated alkanes) is 6. The number of thiophene rings is 1. The van der Waals surface area contributed by atoms with Gasteiger partial charge >= 0.3 is 0 Å². The summed E-state index contributed by atoms with van der Waals surface area (Å²) in [6.45, 7) is 5.99. The highest BCUT2D eigenvalue weighted by Crippen LogP contribution is 2.41. The fraction of sp³-hybridized carbons (Fsp3) is 0.405. The van der Waals surface area contributed by atoms with Gasteiger partial charge in [0.15, 0.2) is 11.6 Å². The van der Waals surface area contributed by atoms with Gasteiger partial charge in [-0.1, -0.05) is 61.9 Å². The number of hydrogen-bond acceptors (Lipinski definition) is 11. The van der Waals surface area contributed by atoms with Crippen LogP contribution >= 0.6 is 22.9 Å². The van der Waals surface area contributed by atoms with Crippen LogP contribution in [0.3, 0.4) is 0 Å². The smallest absolute Gasteiger partial charge is 0.264 e. The zero-order chi connectivity index (χ0) is 40.4. The van der Waals surface area contributed by atoms with E-state index in [1.165, 1.54) is 11.3 Å². The molecule has 13 nitrogen and oxygen atoms in total. The number of carbonyl (C=O) groups is 6. The lowest BCUT2D eigenvalue weighted by Gasteiger charge is -2.27. The van der Waals surface area contributed by atoms with E-state index in [-0.39, 0.29) is 42.0 Å². The molecule has 296 valence electrons. The number of imide groups is 2. The zero-order valence-corrected chi connectivity index (χ0v) is 33.7. The quantitative estimate of drug-likeness (QED) is 0.0670. The number of aryl methyl sites for hydroxylation is 1. The van der Waals surface area contributed by atoms with E-state index in [4.69, 9.17) is 16.6 Å². The number of aliphatic imine (C=N–C) groups is 1. The van der Waals surface area contributed by atoms with Crippen LogP contribution in [0.2, 0.25) is 5.02 Å². The van der Waals surface area contributed by atoms with Crippen molar-refractivity contribution >= 4 is 69.5 Å². The van der Waals surface area contributed by atoms with Crippen LogP contribution in [-0.2, 0) is 14.4 Å². The van der Waals surface area contributed by atoms with Gasteiger partial charge in [-0.2, -0.15) is 0 Å². The van der Waals surface area contributed by atoms with E-state index >= 15 is 0 Å². The summed E-state index contributed by atoms with van der Waals surface area (Å²) in [5.41, 5.74) is 4.33. The van der Waals surface area contributed by atoms with E-state index in [1.54, 1.807) is 25.1 Å². The van der Waals surface area contributed by atoms with E-state index in [0.717, 1.165) is 71.5 Å². The lowest BCUT2D eigenvalue weighted by Crippen LogP contribution is -2.54. The molecule has 2 atom stereocenters. The fourth-order valence-electron chi connectivity index (χ4n) is 7.85. The summed E-state index contributed by atoms with van der Waals surface area (Å²) in [5.74, 6) is -0.749. The van der Waals surface area contributed by atoms with Gasteiger partial charge in [-0.25, -0.2) is 0 Å². The maximum Gasteiger partial charge on any atom is 0.264 e. The molecule has 0 saturated carbocycles. The van der Waals surface area contributed by atoms with Crippen molar-refractivity contribution in [3.8, 4) is 5.00 Å². The highest BCUT2D eigenvalue weighted by Gasteiger charge is 2.45. The molecule has 0 bridgehead atoms. The average Bonchev–Trinajstić information content (AvgIpc) is 3.78. The minimum Gasteiger partial charge on any atom is -0.384 e. The Bertz CT molecular complexity index is 2310. The van der Waals surface area contributed by atoms with E-state index in [9.17, 15) is 28.8 Å². The van der Waals surface area contributed by atoms with Gasteiger partial charge in [0.1, 0.15) is 28.7 Å². The van der Waals surface area contributed by atoms with Gasteiger partial charge in [0.2, 0.25) is 11.8 Å². The largest absolute Gasteiger partial charge is 0.384 e. The van der Waals surface area contributed by atoms with Gasteiger partial charge in [-0.3, -0.25) is 48.5 Å². The van der Waals surface area contributed by atoms with Gasteiger partial charge in [0.05, 0.1) is 21.7 Å². The normalized spacial score (nSPS) is 17.5. The average molecular weight is 810 g/mol. The maximum atomic E-state index is 13.7. The Morgan fingerprint density at radius 3 is 2.35 bits per heavy atom.